The predicted molar refractivity (Wildman–Crippen MR) is 517 cm³/mol. The van der Waals surface area contributed by atoms with Crippen LogP contribution in [0, 0.1) is 177 Å². The van der Waals surface area contributed by atoms with Crippen LogP contribution in [0.1, 0.15) is 528 Å². The second-order valence-electron chi connectivity index (χ2n) is 59.2. The minimum Gasteiger partial charge on any atom is -0.170 e. The monoisotopic (exact) mass is 1810 g/mol. The Kier molecular flexibility index (Phi) is 32.1. The van der Waals surface area contributed by atoms with E-state index in [9.17, 15) is 52.7 Å². The molecule has 12 rings (SSSR count). The second-order valence-corrected chi connectivity index (χ2v) is 59.2. The highest BCUT2D eigenvalue weighted by Gasteiger charge is 2.77. The molecular weight excluding hydrogens is 1600 g/mol. The molecule has 0 atom stereocenters. The molecule has 0 nitrogen and oxygen atoms in total. The van der Waals surface area contributed by atoms with Crippen molar-refractivity contribution in [1.29, 1.82) is 0 Å². The van der Waals surface area contributed by atoms with Gasteiger partial charge in [-0.05, 0) is 320 Å². The molecule has 0 aromatic heterocycles. The Morgan fingerprint density at radius 3 is 0.444 bits per heavy atom. The van der Waals surface area contributed by atoms with Gasteiger partial charge in [-0.3, -0.25) is 0 Å². The van der Waals surface area contributed by atoms with E-state index in [4.69, 9.17) is 5.48 Å². The first-order valence-electron chi connectivity index (χ1n) is 53.0. The molecule has 0 radical (unpaired) electrons. The molecule has 12 heteroatoms. The van der Waals surface area contributed by atoms with E-state index in [2.05, 4.69) is 235 Å². The van der Waals surface area contributed by atoms with E-state index in [1.807, 2.05) is 0 Å². The van der Waals surface area contributed by atoms with E-state index in [0.29, 0.717) is 59.6 Å². The summed E-state index contributed by atoms with van der Waals surface area (Å²) >= 11 is 0. The Labute approximate surface area is 779 Å². The van der Waals surface area contributed by atoms with Crippen molar-refractivity contribution in [2.45, 2.75) is 548 Å². The minimum atomic E-state index is -5.38. The standard InChI is InChI=1S/2C16H30.2C15H28.2C13H20F6.2C13H26/c2*1-13-14(2,3)11-16(12-15(13,4)5)9-7-6-8-10-16;2*1-12-13(2,3)10-15(8-6-7-9-15)11-14(12,4)5;2*1-8-9(2,3)6-11(12(14,15)16,13(17,18)19)7-10(8,4)5;2*1-10-12(4,5)8-11(2,3)9-13(10,6)7/h2*13H,6-12H2,1-5H3;2*12H,6-11H2,1-5H3;2*8H,6-7H2,1-5H3;2*10H,8-9H2,1-7H3/i13D;;12D;;8D;;10D;. The third-order valence-electron chi connectivity index (χ3n) is 40.1. The van der Waals surface area contributed by atoms with Gasteiger partial charge in [0.2, 0.25) is 0 Å². The van der Waals surface area contributed by atoms with Crippen LogP contribution in [0.2, 0.25) is 0 Å². The molecule has 748 valence electrons. The molecule has 0 aromatic rings. The van der Waals surface area contributed by atoms with Crippen LogP contribution in [0.5, 0.6) is 0 Å². The quantitative estimate of drug-likeness (QED) is 0.212. The maximum absolute atomic E-state index is 13.2. The Morgan fingerprint density at radius 2 is 0.278 bits per heavy atom. The number of halogens is 12. The van der Waals surface area contributed by atoms with Crippen molar-refractivity contribution in [3.63, 3.8) is 0 Å². The Morgan fingerprint density at radius 1 is 0.167 bits per heavy atom. The highest BCUT2D eigenvalue weighted by atomic mass is 19.4. The Bertz CT molecular complexity index is 3480. The van der Waals surface area contributed by atoms with Gasteiger partial charge in [-0.15, -0.1) is 0 Å². The number of hydrogen-bond acceptors (Lipinski definition) is 0. The molecule has 0 amide bonds. The fourth-order valence-electron chi connectivity index (χ4n) is 33.6. The van der Waals surface area contributed by atoms with Crippen LogP contribution in [-0.4, -0.2) is 24.7 Å². The molecule has 12 fully saturated rings. The first-order valence-corrected chi connectivity index (χ1v) is 51.0. The topological polar surface area (TPSA) is 0 Å². The lowest BCUT2D eigenvalue weighted by Crippen LogP contribution is -2.60. The van der Waals surface area contributed by atoms with Crippen molar-refractivity contribution >= 4 is 0 Å². The first kappa shape index (κ1) is 109. The smallest absolute Gasteiger partial charge is 0.170 e. The van der Waals surface area contributed by atoms with Gasteiger partial charge >= 0.3 is 24.7 Å². The zero-order chi connectivity index (χ0) is 102. The molecule has 12 saturated carbocycles. The lowest BCUT2D eigenvalue weighted by atomic mass is 9.47. The van der Waals surface area contributed by atoms with E-state index >= 15 is 0 Å². The van der Waals surface area contributed by atoms with Gasteiger partial charge in [0.05, 0.1) is 0 Å². The summed E-state index contributed by atoms with van der Waals surface area (Å²) in [5, 5.41) is 0. The minimum absolute atomic E-state index is 0.109. The fraction of sp³-hybridized carbons (Fsp3) is 1.00. The molecule has 4 spiro atoms. The van der Waals surface area contributed by atoms with Crippen molar-refractivity contribution in [2.75, 3.05) is 0 Å². The van der Waals surface area contributed by atoms with E-state index in [1.165, 1.54) is 242 Å². The largest absolute Gasteiger partial charge is 0.403 e. The third kappa shape index (κ3) is 26.1. The highest BCUT2D eigenvalue weighted by Crippen LogP contribution is 2.73. The lowest BCUT2D eigenvalue weighted by Gasteiger charge is -2.58. The molecule has 12 aliphatic carbocycles. The van der Waals surface area contributed by atoms with Crippen molar-refractivity contribution in [3.8, 4) is 0 Å². The lowest BCUT2D eigenvalue weighted by molar-refractivity contribution is -0.371. The normalized spacial score (nSPS) is 32.5. The van der Waals surface area contributed by atoms with Gasteiger partial charge in [0.15, 0.2) is 10.8 Å². The molecule has 0 saturated heterocycles. The SMILES string of the molecule is CC1C(C)(C)CC(C(F)(F)F)(C(F)(F)F)CC1(C)C.CC1C(C)(C)CC(C)(C)CC1(C)C.CC1C(C)(C)CC2(CCCC2)CC1(C)C.CC1C(C)(C)CC2(CCCCC2)CC1(C)C.[2H]C1(C)C(C)(C)CC(C(F)(F)F)(C(F)(F)F)CC1(C)C.[2H]C1(C)C(C)(C)CC(C)(C)CC1(C)C.[2H]C1(C)C(C)(C)CC2(CCCC2)CC1(C)C.[2H]C1(C)C(C)(C)CC2(CCCCC2)CC1(C)C. The average Bonchev–Trinajstić information content (AvgIpc) is 0.843. The van der Waals surface area contributed by atoms with Crippen LogP contribution in [0.25, 0.3) is 0 Å². The maximum Gasteiger partial charge on any atom is 0.403 e. The summed E-state index contributed by atoms with van der Waals surface area (Å²) in [6.45, 7) is 95.1. The van der Waals surface area contributed by atoms with E-state index in [-0.39, 0.29) is 56.1 Å². The summed E-state index contributed by atoms with van der Waals surface area (Å²) in [4.78, 5) is 0. The zero-order valence-electron chi connectivity index (χ0n) is 94.9. The molecule has 0 aliphatic heterocycles. The van der Waals surface area contributed by atoms with Gasteiger partial charge in [0.25, 0.3) is 0 Å². The molecule has 12 aliphatic rings. The van der Waals surface area contributed by atoms with Crippen LogP contribution in [0.3, 0.4) is 0 Å². The maximum atomic E-state index is 13.2. The number of alkyl halides is 12. The molecule has 126 heavy (non-hydrogen) atoms. The molecule has 0 heterocycles. The summed E-state index contributed by atoms with van der Waals surface area (Å²) < 4.78 is 193. The average molecular weight is 1810 g/mol. The molecule has 0 bridgehead atoms. The summed E-state index contributed by atoms with van der Waals surface area (Å²) in [7, 11) is 0. The van der Waals surface area contributed by atoms with Crippen LogP contribution < -0.4 is 0 Å². The van der Waals surface area contributed by atoms with Crippen molar-refractivity contribution < 1.29 is 58.2 Å². The summed E-state index contributed by atoms with van der Waals surface area (Å²) in [6, 6.07) is 0. The molecular formula is C114H208F12. The van der Waals surface area contributed by atoms with Crippen molar-refractivity contribution in [2.24, 2.45) is 177 Å². The van der Waals surface area contributed by atoms with Gasteiger partial charge in [-0.25, -0.2) is 0 Å². The van der Waals surface area contributed by atoms with Gasteiger partial charge in [0.1, 0.15) is 0 Å². The van der Waals surface area contributed by atoms with E-state index < -0.39 is 88.8 Å². The summed E-state index contributed by atoms with van der Waals surface area (Å²) in [5.41, 5.74) is -4.74. The highest BCUT2D eigenvalue weighted by molar-refractivity contribution is 5.12. The Hall–Kier alpha value is -0.840. The van der Waals surface area contributed by atoms with Crippen LogP contribution in [0.4, 0.5) is 52.7 Å². The van der Waals surface area contributed by atoms with Gasteiger partial charge in [-0.1, -0.05) is 369 Å². The number of rotatable bonds is 0. The fourth-order valence-corrected chi connectivity index (χ4v) is 33.6. The number of hydrogen-bond donors (Lipinski definition) is 0. The van der Waals surface area contributed by atoms with Crippen LogP contribution in [0.15, 0.2) is 0 Å². The van der Waals surface area contributed by atoms with Gasteiger partial charge < -0.3 is 0 Å². The molecule has 0 N–H and O–H groups in total. The van der Waals surface area contributed by atoms with E-state index in [0.717, 1.165) is 36.0 Å². The molecule has 0 aromatic carbocycles. The van der Waals surface area contributed by atoms with Gasteiger partial charge in [-0.2, -0.15) is 52.7 Å². The van der Waals surface area contributed by atoms with Crippen LogP contribution >= 0.6 is 0 Å². The van der Waals surface area contributed by atoms with E-state index in [1.54, 1.807) is 6.92 Å². The van der Waals surface area contributed by atoms with Crippen molar-refractivity contribution in [1.82, 2.24) is 0 Å². The summed E-state index contributed by atoms with van der Waals surface area (Å²) in [5.74, 6) is 0.00103. The van der Waals surface area contributed by atoms with Gasteiger partial charge in [0, 0.05) is 5.48 Å². The first-order chi connectivity index (χ1) is 56.8. The Balaban J connectivity index is 0.000000264. The molecule has 0 unspecified atom stereocenters. The van der Waals surface area contributed by atoms with Crippen molar-refractivity contribution in [3.05, 3.63) is 0 Å². The predicted octanol–water partition coefficient (Wildman–Crippen LogP) is 41.0. The second kappa shape index (κ2) is 37.1. The third-order valence-corrected chi connectivity index (χ3v) is 40.1. The zero-order valence-corrected chi connectivity index (χ0v) is 90.9. The van der Waals surface area contributed by atoms with Crippen LogP contribution in [-0.2, 0) is 0 Å². The summed E-state index contributed by atoms with van der Waals surface area (Å²) in [6.07, 6.45) is 16.9.